The number of aromatic nitrogens is 4. The fourth-order valence-electron chi connectivity index (χ4n) is 3.11. The molecule has 4 aromatic rings. The molecule has 3 heterocycles. The first-order valence-electron chi connectivity index (χ1n) is 9.92. The topological polar surface area (TPSA) is 99.0 Å². The second-order valence-electron chi connectivity index (χ2n) is 7.00. The summed E-state index contributed by atoms with van der Waals surface area (Å²) >= 11 is 1.52. The first-order chi connectivity index (χ1) is 15.5. The zero-order valence-electron chi connectivity index (χ0n) is 17.6. The van der Waals surface area contributed by atoms with E-state index in [0.29, 0.717) is 11.4 Å². The maximum absolute atomic E-state index is 12.7. The molecule has 0 aliphatic carbocycles. The van der Waals surface area contributed by atoms with Gasteiger partial charge in [-0.25, -0.2) is 14.6 Å². The van der Waals surface area contributed by atoms with Crippen molar-refractivity contribution in [2.45, 2.75) is 19.5 Å². The molecule has 1 amide bonds. The number of nitrogens with one attached hydrogen (secondary N) is 1. The summed E-state index contributed by atoms with van der Waals surface area (Å²) in [5, 5.41) is 9.14. The molecule has 1 aromatic carbocycles. The first-order valence-corrected chi connectivity index (χ1v) is 10.8. The number of thiophene rings is 1. The third-order valence-corrected chi connectivity index (χ3v) is 5.79. The molecule has 1 N–H and O–H groups in total. The number of carbonyl (C=O) groups is 1. The van der Waals surface area contributed by atoms with Gasteiger partial charge in [0, 0.05) is 11.6 Å². The van der Waals surface area contributed by atoms with Crippen molar-refractivity contribution in [2.24, 2.45) is 0 Å². The molecule has 4 rings (SSSR count). The van der Waals surface area contributed by atoms with Crippen molar-refractivity contribution in [1.29, 1.82) is 0 Å². The molecule has 0 saturated carbocycles. The van der Waals surface area contributed by atoms with Crippen molar-refractivity contribution in [3.05, 3.63) is 82.4 Å². The Morgan fingerprint density at radius 3 is 2.66 bits per heavy atom. The zero-order valence-corrected chi connectivity index (χ0v) is 18.4. The van der Waals surface area contributed by atoms with E-state index in [-0.39, 0.29) is 18.0 Å². The van der Waals surface area contributed by atoms with Crippen LogP contribution in [0.25, 0.3) is 21.8 Å². The summed E-state index contributed by atoms with van der Waals surface area (Å²) < 4.78 is 6.38. The Hall–Kier alpha value is -3.85. The van der Waals surface area contributed by atoms with Gasteiger partial charge >= 0.3 is 0 Å². The van der Waals surface area contributed by atoms with Gasteiger partial charge in [-0.1, -0.05) is 6.07 Å². The molecule has 9 heteroatoms. The Labute approximate surface area is 188 Å². The molecule has 32 heavy (non-hydrogen) atoms. The standard InChI is InChI=1S/C23H21N5O3S/c1-15(28-22(29)10-9-19(27-28)21-4-3-11-32-21)23(30)24-13-17-12-20(26-14-25-17)16-5-7-18(31-2)8-6-16/h3-12,14-15H,13H2,1-2H3,(H,24,30). The molecule has 1 atom stereocenters. The number of amides is 1. The Balaban J connectivity index is 1.46. The Morgan fingerprint density at radius 1 is 1.12 bits per heavy atom. The molecule has 0 saturated heterocycles. The second-order valence-corrected chi connectivity index (χ2v) is 7.94. The molecule has 0 aliphatic rings. The van der Waals surface area contributed by atoms with Gasteiger partial charge in [0.15, 0.2) is 0 Å². The van der Waals surface area contributed by atoms with E-state index in [1.165, 1.54) is 28.4 Å². The average Bonchev–Trinajstić information content (AvgIpc) is 3.38. The van der Waals surface area contributed by atoms with Gasteiger partial charge < -0.3 is 10.1 Å². The highest BCUT2D eigenvalue weighted by molar-refractivity contribution is 7.13. The Morgan fingerprint density at radius 2 is 1.94 bits per heavy atom. The van der Waals surface area contributed by atoms with Crippen LogP contribution in [-0.2, 0) is 11.3 Å². The SMILES string of the molecule is COc1ccc(-c2cc(CNC(=O)C(C)n3nc(-c4cccs4)ccc3=O)ncn2)cc1. The number of carbonyl (C=O) groups excluding carboxylic acids is 1. The molecule has 8 nitrogen and oxygen atoms in total. The molecule has 0 bridgehead atoms. The van der Waals surface area contributed by atoms with Crippen molar-refractivity contribution < 1.29 is 9.53 Å². The minimum absolute atomic E-state index is 0.203. The number of methoxy groups -OCH3 is 1. The third kappa shape index (κ3) is 4.73. The van der Waals surface area contributed by atoms with Crippen LogP contribution in [0.3, 0.4) is 0 Å². The lowest BCUT2D eigenvalue weighted by Crippen LogP contribution is -2.36. The number of hydrogen-bond donors (Lipinski definition) is 1. The predicted molar refractivity (Wildman–Crippen MR) is 122 cm³/mol. The molecule has 0 spiro atoms. The molecular formula is C23H21N5O3S. The molecule has 0 aliphatic heterocycles. The first kappa shape index (κ1) is 21.4. The van der Waals surface area contributed by atoms with Crippen LogP contribution in [0.5, 0.6) is 5.75 Å². The van der Waals surface area contributed by atoms with Gasteiger partial charge in [-0.05, 0) is 54.8 Å². The van der Waals surface area contributed by atoms with Gasteiger partial charge in [0.2, 0.25) is 5.91 Å². The molecule has 0 fully saturated rings. The zero-order chi connectivity index (χ0) is 22.5. The fourth-order valence-corrected chi connectivity index (χ4v) is 3.80. The molecule has 162 valence electrons. The van der Waals surface area contributed by atoms with E-state index in [9.17, 15) is 9.59 Å². The summed E-state index contributed by atoms with van der Waals surface area (Å²) in [5.74, 6) is 0.434. The summed E-state index contributed by atoms with van der Waals surface area (Å²) in [6.45, 7) is 1.85. The van der Waals surface area contributed by atoms with Gasteiger partial charge in [-0.15, -0.1) is 11.3 Å². The highest BCUT2D eigenvalue weighted by Crippen LogP contribution is 2.22. The van der Waals surface area contributed by atoms with E-state index in [1.54, 1.807) is 20.1 Å². The van der Waals surface area contributed by atoms with Gasteiger partial charge in [0.1, 0.15) is 23.8 Å². The van der Waals surface area contributed by atoms with E-state index in [1.807, 2.05) is 47.8 Å². The quantitative estimate of drug-likeness (QED) is 0.467. The van der Waals surface area contributed by atoms with Crippen molar-refractivity contribution in [1.82, 2.24) is 25.1 Å². The fraction of sp³-hybridized carbons (Fsp3) is 0.174. The number of nitrogens with zero attached hydrogens (tertiary/aromatic N) is 4. The van der Waals surface area contributed by atoms with Crippen molar-refractivity contribution in [3.63, 3.8) is 0 Å². The van der Waals surface area contributed by atoms with Crippen LogP contribution >= 0.6 is 11.3 Å². The molecule has 3 aromatic heterocycles. The van der Waals surface area contributed by atoms with E-state index < -0.39 is 6.04 Å². The van der Waals surface area contributed by atoms with Crippen LogP contribution in [0.15, 0.2) is 71.1 Å². The highest BCUT2D eigenvalue weighted by atomic mass is 32.1. The molecule has 0 radical (unpaired) electrons. The van der Waals surface area contributed by atoms with Gasteiger partial charge in [0.05, 0.1) is 29.9 Å². The maximum Gasteiger partial charge on any atom is 0.267 e. The minimum Gasteiger partial charge on any atom is -0.497 e. The molecule has 1 unspecified atom stereocenters. The lowest BCUT2D eigenvalue weighted by atomic mass is 10.1. The lowest BCUT2D eigenvalue weighted by Gasteiger charge is -2.14. The lowest BCUT2D eigenvalue weighted by molar-refractivity contribution is -0.124. The van der Waals surface area contributed by atoms with E-state index in [4.69, 9.17) is 4.74 Å². The highest BCUT2D eigenvalue weighted by Gasteiger charge is 2.18. The number of rotatable bonds is 7. The van der Waals surface area contributed by atoms with Crippen LogP contribution in [0.1, 0.15) is 18.7 Å². The van der Waals surface area contributed by atoms with Gasteiger partial charge in [0.25, 0.3) is 5.56 Å². The van der Waals surface area contributed by atoms with E-state index in [2.05, 4.69) is 20.4 Å². The largest absolute Gasteiger partial charge is 0.497 e. The monoisotopic (exact) mass is 447 g/mol. The third-order valence-electron chi connectivity index (χ3n) is 4.90. The van der Waals surface area contributed by atoms with Crippen LogP contribution in [0.4, 0.5) is 0 Å². The summed E-state index contributed by atoms with van der Waals surface area (Å²) in [5.41, 5.74) is 2.62. The van der Waals surface area contributed by atoms with Crippen molar-refractivity contribution in [2.75, 3.05) is 7.11 Å². The smallest absolute Gasteiger partial charge is 0.267 e. The minimum atomic E-state index is -0.773. The average molecular weight is 448 g/mol. The van der Waals surface area contributed by atoms with E-state index in [0.717, 1.165) is 21.9 Å². The number of ether oxygens (including phenoxy) is 1. The predicted octanol–water partition coefficient (Wildman–Crippen LogP) is 3.31. The summed E-state index contributed by atoms with van der Waals surface area (Å²) in [4.78, 5) is 34.5. The van der Waals surface area contributed by atoms with Crippen LogP contribution in [0, 0.1) is 0 Å². The molecular weight excluding hydrogens is 426 g/mol. The normalized spacial score (nSPS) is 11.7. The van der Waals surface area contributed by atoms with Crippen molar-refractivity contribution >= 4 is 17.2 Å². The van der Waals surface area contributed by atoms with Gasteiger partial charge in [-0.3, -0.25) is 9.59 Å². The van der Waals surface area contributed by atoms with Gasteiger partial charge in [-0.2, -0.15) is 5.10 Å². The summed E-state index contributed by atoms with van der Waals surface area (Å²) in [7, 11) is 1.61. The van der Waals surface area contributed by atoms with Crippen LogP contribution in [-0.4, -0.2) is 32.8 Å². The summed E-state index contributed by atoms with van der Waals surface area (Å²) in [6, 6.07) is 15.5. The van der Waals surface area contributed by atoms with E-state index >= 15 is 0 Å². The second kappa shape index (κ2) is 9.52. The van der Waals surface area contributed by atoms with Crippen molar-refractivity contribution in [3.8, 4) is 27.6 Å². The maximum atomic E-state index is 12.7. The van der Waals surface area contributed by atoms with Crippen LogP contribution in [0.2, 0.25) is 0 Å². The summed E-state index contributed by atoms with van der Waals surface area (Å²) in [6.07, 6.45) is 1.46. The Bertz CT molecular complexity index is 1270. The number of benzene rings is 1. The van der Waals surface area contributed by atoms with Crippen LogP contribution < -0.4 is 15.6 Å². The Kier molecular flexibility index (Phi) is 6.37. The number of hydrogen-bond acceptors (Lipinski definition) is 7.